The first-order valence-electron chi connectivity index (χ1n) is 4.98. The number of methoxy groups -OCH3 is 1. The Balaban J connectivity index is 2.42. The second kappa shape index (κ2) is 5.96. The predicted octanol–water partition coefficient (Wildman–Crippen LogP) is 4.75. The number of rotatable bonds is 3. The molecule has 2 rings (SSSR count). The van der Waals surface area contributed by atoms with Crippen molar-refractivity contribution in [3.8, 4) is 5.75 Å². The minimum atomic E-state index is -0.777. The molecule has 1 aromatic carbocycles. The third-order valence-corrected chi connectivity index (χ3v) is 4.90. The lowest BCUT2D eigenvalue weighted by atomic mass is 10.0. The highest BCUT2D eigenvalue weighted by molar-refractivity contribution is 14.1. The van der Waals surface area contributed by atoms with Crippen molar-refractivity contribution in [2.75, 3.05) is 7.11 Å². The van der Waals surface area contributed by atoms with Crippen LogP contribution < -0.4 is 4.74 Å². The lowest BCUT2D eigenvalue weighted by molar-refractivity contribution is 0.221. The van der Waals surface area contributed by atoms with Crippen molar-refractivity contribution in [1.82, 2.24) is 0 Å². The van der Waals surface area contributed by atoms with Gasteiger partial charge < -0.3 is 9.84 Å². The molecular formula is C12H9Cl2IO2S. The van der Waals surface area contributed by atoms with Crippen LogP contribution in [-0.2, 0) is 0 Å². The molecule has 0 saturated carbocycles. The highest BCUT2D eigenvalue weighted by Gasteiger charge is 2.18. The van der Waals surface area contributed by atoms with Gasteiger partial charge in [0.1, 0.15) is 11.9 Å². The van der Waals surface area contributed by atoms with E-state index in [0.717, 1.165) is 8.45 Å². The quantitative estimate of drug-likeness (QED) is 0.734. The maximum Gasteiger partial charge on any atom is 0.138 e. The molecule has 1 heterocycles. The van der Waals surface area contributed by atoms with Crippen LogP contribution in [0.1, 0.15) is 17.2 Å². The summed E-state index contributed by atoms with van der Waals surface area (Å²) in [7, 11) is 1.52. The number of aliphatic hydroxyl groups is 1. The van der Waals surface area contributed by atoms with Crippen molar-refractivity contribution >= 4 is 57.1 Å². The molecular weight excluding hydrogens is 406 g/mol. The van der Waals surface area contributed by atoms with Crippen molar-refractivity contribution in [2.45, 2.75) is 6.10 Å². The fourth-order valence-corrected chi connectivity index (χ4v) is 3.45. The zero-order chi connectivity index (χ0) is 13.3. The van der Waals surface area contributed by atoms with Gasteiger partial charge in [-0.05, 0) is 45.7 Å². The van der Waals surface area contributed by atoms with Gasteiger partial charge in [-0.1, -0.05) is 23.2 Å². The minimum Gasteiger partial charge on any atom is -0.495 e. The largest absolute Gasteiger partial charge is 0.495 e. The average Bonchev–Trinajstić information content (AvgIpc) is 2.77. The van der Waals surface area contributed by atoms with Gasteiger partial charge in [0, 0.05) is 11.6 Å². The second-order valence-corrected chi connectivity index (χ2v) is 7.21. The molecule has 0 aliphatic rings. The summed E-state index contributed by atoms with van der Waals surface area (Å²) < 4.78 is 6.18. The Labute approximate surface area is 133 Å². The summed E-state index contributed by atoms with van der Waals surface area (Å²) >= 11 is 16.0. The molecule has 1 N–H and O–H groups in total. The monoisotopic (exact) mass is 414 g/mol. The summed E-state index contributed by atoms with van der Waals surface area (Å²) in [5, 5.41) is 13.1. The number of halogens is 3. The summed E-state index contributed by atoms with van der Waals surface area (Å²) in [5.41, 5.74) is 1.39. The van der Waals surface area contributed by atoms with E-state index in [9.17, 15) is 5.11 Å². The Morgan fingerprint density at radius 1 is 1.28 bits per heavy atom. The number of aliphatic hydroxyl groups excluding tert-OH is 1. The molecule has 0 bridgehead atoms. The summed E-state index contributed by atoms with van der Waals surface area (Å²) in [5.74, 6) is 0.498. The van der Waals surface area contributed by atoms with Gasteiger partial charge in [-0.25, -0.2) is 0 Å². The number of hydrogen-bond donors (Lipinski definition) is 1. The van der Waals surface area contributed by atoms with E-state index in [1.54, 1.807) is 23.5 Å². The van der Waals surface area contributed by atoms with Crippen LogP contribution in [0.4, 0.5) is 0 Å². The van der Waals surface area contributed by atoms with Crippen LogP contribution in [0.2, 0.25) is 10.0 Å². The third-order valence-electron chi connectivity index (χ3n) is 2.47. The van der Waals surface area contributed by atoms with Crippen molar-refractivity contribution in [3.63, 3.8) is 0 Å². The highest BCUT2D eigenvalue weighted by atomic mass is 127. The SMILES string of the molecule is COc1cc(Cl)c(C(O)c2csc(I)c2)cc1Cl. The third kappa shape index (κ3) is 2.93. The molecule has 2 nitrogen and oxygen atoms in total. The fourth-order valence-electron chi connectivity index (χ4n) is 1.56. The van der Waals surface area contributed by atoms with Gasteiger partial charge >= 0.3 is 0 Å². The lowest BCUT2D eigenvalue weighted by Gasteiger charge is -2.13. The summed E-state index contributed by atoms with van der Waals surface area (Å²) in [6.07, 6.45) is -0.777. The smallest absolute Gasteiger partial charge is 0.138 e. The first kappa shape index (κ1) is 14.4. The molecule has 0 spiro atoms. The molecule has 1 unspecified atom stereocenters. The van der Waals surface area contributed by atoms with Crippen LogP contribution in [0.5, 0.6) is 5.75 Å². The number of ether oxygens (including phenoxy) is 1. The molecule has 0 aliphatic heterocycles. The minimum absolute atomic E-state index is 0.431. The Kier molecular flexibility index (Phi) is 4.77. The van der Waals surface area contributed by atoms with E-state index in [1.807, 2.05) is 11.4 Å². The molecule has 1 aromatic heterocycles. The average molecular weight is 415 g/mol. The van der Waals surface area contributed by atoms with Crippen LogP contribution in [0.15, 0.2) is 23.6 Å². The van der Waals surface area contributed by atoms with E-state index in [-0.39, 0.29) is 0 Å². The Bertz CT molecular complexity index is 571. The summed E-state index contributed by atoms with van der Waals surface area (Å²) in [6, 6.07) is 5.17. The van der Waals surface area contributed by atoms with Crippen LogP contribution in [0, 0.1) is 2.88 Å². The van der Waals surface area contributed by atoms with Gasteiger partial charge in [0.2, 0.25) is 0 Å². The Morgan fingerprint density at radius 3 is 2.56 bits per heavy atom. The van der Waals surface area contributed by atoms with Crippen molar-refractivity contribution < 1.29 is 9.84 Å². The topological polar surface area (TPSA) is 29.5 Å². The van der Waals surface area contributed by atoms with E-state index in [4.69, 9.17) is 27.9 Å². The first-order chi connectivity index (χ1) is 8.52. The van der Waals surface area contributed by atoms with Crippen LogP contribution in [0.25, 0.3) is 0 Å². The van der Waals surface area contributed by atoms with Gasteiger partial charge in [-0.2, -0.15) is 0 Å². The first-order valence-corrected chi connectivity index (χ1v) is 7.69. The van der Waals surface area contributed by atoms with E-state index in [0.29, 0.717) is 21.4 Å². The normalized spacial score (nSPS) is 12.5. The Hall–Kier alpha value is -0.0100. The van der Waals surface area contributed by atoms with E-state index in [1.165, 1.54) is 7.11 Å². The van der Waals surface area contributed by atoms with E-state index < -0.39 is 6.10 Å². The molecule has 18 heavy (non-hydrogen) atoms. The number of hydrogen-bond acceptors (Lipinski definition) is 3. The molecule has 0 amide bonds. The summed E-state index contributed by atoms with van der Waals surface area (Å²) in [6.45, 7) is 0. The molecule has 0 saturated heterocycles. The molecule has 0 radical (unpaired) electrons. The van der Waals surface area contributed by atoms with Gasteiger partial charge in [0.05, 0.1) is 20.0 Å². The van der Waals surface area contributed by atoms with Crippen LogP contribution >= 0.6 is 57.1 Å². The summed E-state index contributed by atoms with van der Waals surface area (Å²) in [4.78, 5) is 0. The van der Waals surface area contributed by atoms with Crippen LogP contribution in [0.3, 0.4) is 0 Å². The van der Waals surface area contributed by atoms with Crippen molar-refractivity contribution in [3.05, 3.63) is 47.6 Å². The number of thiophene rings is 1. The van der Waals surface area contributed by atoms with Gasteiger partial charge in [0.15, 0.2) is 0 Å². The van der Waals surface area contributed by atoms with Gasteiger partial charge in [-0.15, -0.1) is 11.3 Å². The van der Waals surface area contributed by atoms with E-state index >= 15 is 0 Å². The molecule has 96 valence electrons. The van der Waals surface area contributed by atoms with Gasteiger partial charge in [-0.3, -0.25) is 0 Å². The maximum atomic E-state index is 10.3. The molecule has 0 fully saturated rings. The van der Waals surface area contributed by atoms with Gasteiger partial charge in [0.25, 0.3) is 0 Å². The number of benzene rings is 1. The van der Waals surface area contributed by atoms with Crippen molar-refractivity contribution in [2.24, 2.45) is 0 Å². The molecule has 1 atom stereocenters. The second-order valence-electron chi connectivity index (χ2n) is 3.59. The van der Waals surface area contributed by atoms with Crippen LogP contribution in [-0.4, -0.2) is 12.2 Å². The zero-order valence-corrected chi connectivity index (χ0v) is 13.8. The fraction of sp³-hybridized carbons (Fsp3) is 0.167. The van der Waals surface area contributed by atoms with E-state index in [2.05, 4.69) is 22.6 Å². The van der Waals surface area contributed by atoms with Crippen molar-refractivity contribution in [1.29, 1.82) is 0 Å². The molecule has 2 aromatic rings. The maximum absolute atomic E-state index is 10.3. The zero-order valence-electron chi connectivity index (χ0n) is 9.28. The molecule has 0 aliphatic carbocycles. The lowest BCUT2D eigenvalue weighted by Crippen LogP contribution is -2.00. The standard InChI is InChI=1S/C12H9Cl2IO2S/c1-17-10-4-8(13)7(3-9(10)14)12(16)6-2-11(15)18-5-6/h2-5,12,16H,1H3. The highest BCUT2D eigenvalue weighted by Crippen LogP contribution is 2.37. The Morgan fingerprint density at radius 2 is 2.00 bits per heavy atom. The molecule has 6 heteroatoms. The predicted molar refractivity (Wildman–Crippen MR) is 84.1 cm³/mol.